The Bertz CT molecular complexity index is 1490. The van der Waals surface area contributed by atoms with Gasteiger partial charge in [-0.2, -0.15) is 5.26 Å². The zero-order valence-corrected chi connectivity index (χ0v) is 20.3. The fourth-order valence-corrected chi connectivity index (χ4v) is 4.18. The molecule has 8 nitrogen and oxygen atoms in total. The minimum Gasteiger partial charge on any atom is -0.494 e. The molecule has 1 aromatic heterocycles. The molecule has 3 aromatic carbocycles. The number of nitrogens with zero attached hydrogens (tertiary/aromatic N) is 2. The Morgan fingerprint density at radius 1 is 1.08 bits per heavy atom. The molecule has 1 N–H and O–H groups in total. The summed E-state index contributed by atoms with van der Waals surface area (Å²) in [6.07, 6.45) is 1.42. The highest BCUT2D eigenvalue weighted by molar-refractivity contribution is 7.22. The van der Waals surface area contributed by atoms with Crippen LogP contribution in [0, 0.1) is 11.3 Å². The van der Waals surface area contributed by atoms with E-state index < -0.39 is 11.9 Å². The number of hydrogen-bond donors (Lipinski definition) is 1. The van der Waals surface area contributed by atoms with Crippen molar-refractivity contribution in [3.05, 3.63) is 83.4 Å². The Morgan fingerprint density at radius 2 is 1.89 bits per heavy atom. The van der Waals surface area contributed by atoms with E-state index in [1.165, 1.54) is 24.5 Å². The number of thiazole rings is 1. The number of amides is 1. The zero-order valence-electron chi connectivity index (χ0n) is 19.5. The number of fused-ring (bicyclic) bond motifs is 1. The minimum atomic E-state index is -0.597. The first-order valence-electron chi connectivity index (χ1n) is 10.9. The standard InChI is InChI=1S/C27H21N3O5S/c1-3-34-20-10-11-21-24(15-20)36-27(29-21)30-25(31)19(16-28)13-17-9-12-22(23(14-17)33-2)35-26(32)18-7-5-4-6-8-18/h4-15H,3H2,1-2H3,(H,29,30,31)/b19-13+. The molecule has 0 aliphatic heterocycles. The third-order valence-electron chi connectivity index (χ3n) is 4.97. The number of nitriles is 1. The van der Waals surface area contributed by atoms with Crippen LogP contribution in [-0.2, 0) is 4.79 Å². The van der Waals surface area contributed by atoms with Crippen LogP contribution in [0.1, 0.15) is 22.8 Å². The molecule has 4 aromatic rings. The van der Waals surface area contributed by atoms with Gasteiger partial charge in [-0.1, -0.05) is 35.6 Å². The lowest BCUT2D eigenvalue weighted by molar-refractivity contribution is -0.112. The molecule has 0 bridgehead atoms. The lowest BCUT2D eigenvalue weighted by Crippen LogP contribution is -2.13. The highest BCUT2D eigenvalue weighted by Gasteiger charge is 2.15. The number of methoxy groups -OCH3 is 1. The lowest BCUT2D eigenvalue weighted by Gasteiger charge is -2.10. The van der Waals surface area contributed by atoms with Crippen LogP contribution in [0.2, 0.25) is 0 Å². The van der Waals surface area contributed by atoms with E-state index in [0.29, 0.717) is 28.4 Å². The van der Waals surface area contributed by atoms with Gasteiger partial charge >= 0.3 is 5.97 Å². The smallest absolute Gasteiger partial charge is 0.343 e. The van der Waals surface area contributed by atoms with E-state index in [4.69, 9.17) is 14.2 Å². The first-order valence-corrected chi connectivity index (χ1v) is 11.7. The SMILES string of the molecule is CCOc1ccc2nc(NC(=O)/C(C#N)=C/c3ccc(OC(=O)c4ccccc4)c(OC)c3)sc2c1. The third-order valence-corrected chi connectivity index (χ3v) is 5.90. The summed E-state index contributed by atoms with van der Waals surface area (Å²) in [6.45, 7) is 2.45. The van der Waals surface area contributed by atoms with Crippen molar-refractivity contribution in [2.24, 2.45) is 0 Å². The van der Waals surface area contributed by atoms with Crippen LogP contribution in [-0.4, -0.2) is 30.6 Å². The van der Waals surface area contributed by atoms with E-state index in [1.54, 1.807) is 48.5 Å². The minimum absolute atomic E-state index is 0.125. The molecular formula is C27H21N3O5S. The van der Waals surface area contributed by atoms with Gasteiger partial charge in [-0.3, -0.25) is 10.1 Å². The summed E-state index contributed by atoms with van der Waals surface area (Å²) in [6, 6.07) is 20.7. The number of anilines is 1. The van der Waals surface area contributed by atoms with E-state index in [9.17, 15) is 14.9 Å². The number of nitrogens with one attached hydrogen (secondary N) is 1. The maximum absolute atomic E-state index is 12.8. The van der Waals surface area contributed by atoms with Gasteiger partial charge in [0.15, 0.2) is 16.6 Å². The van der Waals surface area contributed by atoms with Gasteiger partial charge in [0.25, 0.3) is 5.91 Å². The number of carbonyl (C=O) groups is 2. The number of esters is 1. The second-order valence-electron chi connectivity index (χ2n) is 7.37. The number of benzene rings is 3. The first-order chi connectivity index (χ1) is 17.5. The van der Waals surface area contributed by atoms with E-state index in [2.05, 4.69) is 10.3 Å². The van der Waals surface area contributed by atoms with E-state index in [0.717, 1.165) is 10.4 Å². The van der Waals surface area contributed by atoms with Crippen LogP contribution in [0.4, 0.5) is 5.13 Å². The van der Waals surface area contributed by atoms with Crippen LogP contribution in [0.3, 0.4) is 0 Å². The molecule has 0 aliphatic carbocycles. The highest BCUT2D eigenvalue weighted by Crippen LogP contribution is 2.31. The van der Waals surface area contributed by atoms with Gasteiger partial charge in [0.05, 0.1) is 29.5 Å². The maximum Gasteiger partial charge on any atom is 0.343 e. The zero-order chi connectivity index (χ0) is 25.5. The molecule has 0 saturated heterocycles. The van der Waals surface area contributed by atoms with Crippen molar-refractivity contribution in [3.63, 3.8) is 0 Å². The topological polar surface area (TPSA) is 111 Å². The van der Waals surface area contributed by atoms with Gasteiger partial charge < -0.3 is 14.2 Å². The van der Waals surface area contributed by atoms with Gasteiger partial charge in [0.2, 0.25) is 0 Å². The number of rotatable bonds is 8. The molecule has 0 fully saturated rings. The second kappa shape index (κ2) is 11.2. The number of hydrogen-bond acceptors (Lipinski definition) is 8. The normalized spacial score (nSPS) is 11.0. The molecule has 0 unspecified atom stereocenters. The van der Waals surface area contributed by atoms with E-state index >= 15 is 0 Å². The Labute approximate surface area is 211 Å². The molecule has 0 radical (unpaired) electrons. The largest absolute Gasteiger partial charge is 0.494 e. The van der Waals surface area contributed by atoms with Crippen LogP contribution < -0.4 is 19.5 Å². The Kier molecular flexibility index (Phi) is 7.58. The van der Waals surface area contributed by atoms with Gasteiger partial charge in [-0.05, 0) is 61.0 Å². The highest BCUT2D eigenvalue weighted by atomic mass is 32.1. The number of carbonyl (C=O) groups excluding carboxylic acids is 2. The van der Waals surface area contributed by atoms with Crippen LogP contribution >= 0.6 is 11.3 Å². The van der Waals surface area contributed by atoms with Crippen LogP contribution in [0.25, 0.3) is 16.3 Å². The number of aromatic nitrogens is 1. The lowest BCUT2D eigenvalue weighted by atomic mass is 10.1. The fraction of sp³-hybridized carbons (Fsp3) is 0.111. The Balaban J connectivity index is 1.51. The average Bonchev–Trinajstić information content (AvgIpc) is 3.30. The van der Waals surface area contributed by atoms with Gasteiger partial charge in [0.1, 0.15) is 17.4 Å². The first kappa shape index (κ1) is 24.4. The molecule has 180 valence electrons. The molecule has 0 spiro atoms. The monoisotopic (exact) mass is 499 g/mol. The van der Waals surface area contributed by atoms with Gasteiger partial charge in [0, 0.05) is 0 Å². The van der Waals surface area contributed by atoms with Crippen molar-refractivity contribution in [2.45, 2.75) is 6.92 Å². The van der Waals surface area contributed by atoms with Crippen molar-refractivity contribution in [3.8, 4) is 23.3 Å². The van der Waals surface area contributed by atoms with Crippen molar-refractivity contribution < 1.29 is 23.8 Å². The molecule has 1 amide bonds. The molecule has 4 rings (SSSR count). The van der Waals surface area contributed by atoms with Crippen LogP contribution in [0.15, 0.2) is 72.3 Å². The van der Waals surface area contributed by atoms with Crippen molar-refractivity contribution in [1.82, 2.24) is 4.98 Å². The Morgan fingerprint density at radius 3 is 2.61 bits per heavy atom. The summed E-state index contributed by atoms with van der Waals surface area (Å²) in [4.78, 5) is 29.5. The Hall–Kier alpha value is -4.68. The van der Waals surface area contributed by atoms with E-state index in [1.807, 2.05) is 31.2 Å². The van der Waals surface area contributed by atoms with Gasteiger partial charge in [-0.25, -0.2) is 9.78 Å². The summed E-state index contributed by atoms with van der Waals surface area (Å²) in [7, 11) is 1.44. The maximum atomic E-state index is 12.8. The molecule has 36 heavy (non-hydrogen) atoms. The average molecular weight is 500 g/mol. The molecule has 0 saturated carbocycles. The fourth-order valence-electron chi connectivity index (χ4n) is 3.29. The third kappa shape index (κ3) is 5.68. The molecular weight excluding hydrogens is 478 g/mol. The predicted octanol–water partition coefficient (Wildman–Crippen LogP) is 5.47. The quantitative estimate of drug-likeness (QED) is 0.148. The van der Waals surface area contributed by atoms with Crippen LogP contribution in [0.5, 0.6) is 17.2 Å². The van der Waals surface area contributed by atoms with E-state index in [-0.39, 0.29) is 17.1 Å². The summed E-state index contributed by atoms with van der Waals surface area (Å²) in [5.74, 6) is 0.0870. The molecule has 0 atom stereocenters. The summed E-state index contributed by atoms with van der Waals surface area (Å²) in [5.41, 5.74) is 1.51. The van der Waals surface area contributed by atoms with Crippen molar-refractivity contribution in [1.29, 1.82) is 5.26 Å². The summed E-state index contributed by atoms with van der Waals surface area (Å²) < 4.78 is 17.1. The second-order valence-corrected chi connectivity index (χ2v) is 8.40. The van der Waals surface area contributed by atoms with Crippen molar-refractivity contribution >= 4 is 44.6 Å². The predicted molar refractivity (Wildman–Crippen MR) is 137 cm³/mol. The van der Waals surface area contributed by atoms with Crippen molar-refractivity contribution in [2.75, 3.05) is 19.0 Å². The molecule has 0 aliphatic rings. The van der Waals surface area contributed by atoms with Gasteiger partial charge in [-0.15, -0.1) is 0 Å². The molecule has 9 heteroatoms. The number of ether oxygens (including phenoxy) is 3. The summed E-state index contributed by atoms with van der Waals surface area (Å²) >= 11 is 1.28. The summed E-state index contributed by atoms with van der Waals surface area (Å²) in [5, 5.41) is 12.6. The molecule has 1 heterocycles.